The van der Waals surface area contributed by atoms with Crippen molar-refractivity contribution >= 4 is 49.4 Å². The first kappa shape index (κ1) is 20.0. The number of aliphatic hydroxyl groups is 1. The van der Waals surface area contributed by atoms with Gasteiger partial charge in [0.25, 0.3) is 0 Å². The summed E-state index contributed by atoms with van der Waals surface area (Å²) >= 11 is 12.9. The second-order valence-electron chi connectivity index (χ2n) is 6.86. The van der Waals surface area contributed by atoms with Crippen LogP contribution < -0.4 is 4.90 Å². The summed E-state index contributed by atoms with van der Waals surface area (Å²) in [5.74, 6) is -0.440. The van der Waals surface area contributed by atoms with Crippen LogP contribution in [0.5, 0.6) is 0 Å². The molecule has 2 heterocycles. The van der Waals surface area contributed by atoms with Crippen LogP contribution in [0.4, 0.5) is 5.69 Å². The molecule has 0 spiro atoms. The Balaban J connectivity index is 2.45. The largest absolute Gasteiger partial charge is 0.504 e. The first-order chi connectivity index (χ1) is 12.6. The van der Waals surface area contributed by atoms with E-state index in [0.717, 1.165) is 0 Å². The van der Waals surface area contributed by atoms with Gasteiger partial charge in [-0.2, -0.15) is 0 Å². The molecule has 1 aromatic heterocycles. The Labute approximate surface area is 169 Å². The van der Waals surface area contributed by atoms with Crippen molar-refractivity contribution in [3.05, 3.63) is 57.3 Å². The molecule has 1 aliphatic rings. The molecule has 0 amide bonds. The summed E-state index contributed by atoms with van der Waals surface area (Å²) in [7, 11) is -2.17. The minimum absolute atomic E-state index is 0.0954. The van der Waals surface area contributed by atoms with E-state index in [0.29, 0.717) is 17.8 Å². The van der Waals surface area contributed by atoms with Gasteiger partial charge in [-0.05, 0) is 39.0 Å². The van der Waals surface area contributed by atoms with Gasteiger partial charge in [-0.25, -0.2) is 8.42 Å². The lowest BCUT2D eigenvalue weighted by atomic mass is 9.98. The van der Waals surface area contributed by atoms with Gasteiger partial charge >= 0.3 is 0 Å². The zero-order valence-corrected chi connectivity index (χ0v) is 17.7. The molecule has 5 nitrogen and oxygen atoms in total. The Morgan fingerprint density at radius 2 is 1.89 bits per heavy atom. The molecule has 0 saturated carbocycles. The molecule has 1 aromatic carbocycles. The average molecular weight is 427 g/mol. The lowest BCUT2D eigenvalue weighted by Gasteiger charge is -2.33. The predicted octanol–water partition coefficient (Wildman–Crippen LogP) is 4.89. The summed E-state index contributed by atoms with van der Waals surface area (Å²) in [5, 5.41) is 11.2. The van der Waals surface area contributed by atoms with Gasteiger partial charge in [-0.3, -0.25) is 4.98 Å². The van der Waals surface area contributed by atoms with E-state index < -0.39 is 20.3 Å². The fourth-order valence-corrected chi connectivity index (χ4v) is 5.79. The van der Waals surface area contributed by atoms with Crippen LogP contribution in [-0.4, -0.2) is 32.1 Å². The van der Waals surface area contributed by atoms with Gasteiger partial charge in [0.05, 0.1) is 20.5 Å². The van der Waals surface area contributed by atoms with Crippen LogP contribution in [0.15, 0.2) is 30.5 Å². The number of halogens is 2. The van der Waals surface area contributed by atoms with E-state index in [1.54, 1.807) is 38.1 Å². The topological polar surface area (TPSA) is 70.5 Å². The fraction of sp³-hybridized carbons (Fsp3) is 0.316. The van der Waals surface area contributed by atoms with E-state index in [9.17, 15) is 13.5 Å². The fourth-order valence-electron chi connectivity index (χ4n) is 3.18. The summed E-state index contributed by atoms with van der Waals surface area (Å²) in [6.45, 7) is 5.77. The van der Waals surface area contributed by atoms with E-state index in [2.05, 4.69) is 4.98 Å². The molecule has 0 fully saturated rings. The van der Waals surface area contributed by atoms with Gasteiger partial charge in [0.15, 0.2) is 15.6 Å². The monoisotopic (exact) mass is 426 g/mol. The number of hydrogen-bond acceptors (Lipinski definition) is 5. The Hall–Kier alpha value is -1.76. The maximum atomic E-state index is 13.5. The van der Waals surface area contributed by atoms with Crippen molar-refractivity contribution in [1.29, 1.82) is 0 Å². The Kier molecular flexibility index (Phi) is 4.95. The molecule has 8 heteroatoms. The van der Waals surface area contributed by atoms with Gasteiger partial charge in [-0.1, -0.05) is 29.3 Å². The Morgan fingerprint density at radius 3 is 2.52 bits per heavy atom. The first-order valence-corrected chi connectivity index (χ1v) is 10.6. The third kappa shape index (κ3) is 2.82. The molecule has 3 rings (SSSR count). The molecule has 0 aliphatic carbocycles. The quantitative estimate of drug-likeness (QED) is 0.755. The zero-order valence-electron chi connectivity index (χ0n) is 15.4. The van der Waals surface area contributed by atoms with Crippen LogP contribution in [-0.2, 0) is 14.6 Å². The van der Waals surface area contributed by atoms with Crippen molar-refractivity contribution in [2.24, 2.45) is 0 Å². The SMILES string of the molecule is CCN(C)c1ccc(Cl)c(C2=C(O)c3ncccc3C(C)(C)S2(=O)=O)c1Cl. The molecule has 0 unspecified atom stereocenters. The predicted molar refractivity (Wildman–Crippen MR) is 111 cm³/mol. The highest BCUT2D eigenvalue weighted by Crippen LogP contribution is 2.51. The second kappa shape index (κ2) is 6.69. The van der Waals surface area contributed by atoms with Crippen LogP contribution >= 0.6 is 23.2 Å². The molecule has 0 atom stereocenters. The van der Waals surface area contributed by atoms with Crippen LogP contribution in [0.25, 0.3) is 10.7 Å². The average Bonchev–Trinajstić information content (AvgIpc) is 2.62. The van der Waals surface area contributed by atoms with Crippen LogP contribution in [0, 0.1) is 0 Å². The van der Waals surface area contributed by atoms with Crippen molar-refractivity contribution < 1.29 is 13.5 Å². The smallest absolute Gasteiger partial charge is 0.192 e. The number of benzene rings is 1. The van der Waals surface area contributed by atoms with Crippen LogP contribution in [0.1, 0.15) is 37.6 Å². The maximum absolute atomic E-state index is 13.5. The number of pyridine rings is 1. The lowest BCUT2D eigenvalue weighted by molar-refractivity contribution is 0.501. The van der Waals surface area contributed by atoms with E-state index >= 15 is 0 Å². The molecular weight excluding hydrogens is 407 g/mol. The number of fused-ring (bicyclic) bond motifs is 1. The van der Waals surface area contributed by atoms with Gasteiger partial charge < -0.3 is 10.0 Å². The van der Waals surface area contributed by atoms with Crippen LogP contribution in [0.2, 0.25) is 10.0 Å². The molecule has 27 heavy (non-hydrogen) atoms. The summed E-state index contributed by atoms with van der Waals surface area (Å²) in [6.07, 6.45) is 1.51. The van der Waals surface area contributed by atoms with Crippen molar-refractivity contribution in [3.8, 4) is 0 Å². The van der Waals surface area contributed by atoms with E-state index in [1.165, 1.54) is 6.20 Å². The van der Waals surface area contributed by atoms with Gasteiger partial charge in [-0.15, -0.1) is 0 Å². The van der Waals surface area contributed by atoms with Gasteiger partial charge in [0.2, 0.25) is 0 Å². The van der Waals surface area contributed by atoms with Crippen molar-refractivity contribution in [1.82, 2.24) is 4.98 Å². The minimum atomic E-state index is -4.01. The standard InChI is InChI=1S/C19H20Cl2N2O3S/c1-5-23(4)13-9-8-12(20)14(15(13)21)18-17(24)16-11(7-6-10-22-16)19(2,3)27(18,25)26/h6-10,24H,5H2,1-4H3. The highest BCUT2D eigenvalue weighted by molar-refractivity contribution is 8.01. The van der Waals surface area contributed by atoms with Crippen molar-refractivity contribution in [3.63, 3.8) is 0 Å². The molecule has 1 N–H and O–H groups in total. The zero-order chi connectivity index (χ0) is 20.1. The van der Waals surface area contributed by atoms with E-state index in [-0.39, 0.29) is 26.2 Å². The van der Waals surface area contributed by atoms with Gasteiger partial charge in [0.1, 0.15) is 10.6 Å². The third-order valence-electron chi connectivity index (χ3n) is 5.02. The number of rotatable bonds is 3. The van der Waals surface area contributed by atoms with Crippen LogP contribution in [0.3, 0.4) is 0 Å². The molecule has 0 radical (unpaired) electrons. The highest BCUT2D eigenvalue weighted by atomic mass is 35.5. The molecule has 0 bridgehead atoms. The number of aliphatic hydroxyl groups excluding tert-OH is 1. The lowest BCUT2D eigenvalue weighted by Crippen LogP contribution is -2.35. The highest BCUT2D eigenvalue weighted by Gasteiger charge is 2.48. The van der Waals surface area contributed by atoms with Gasteiger partial charge in [0, 0.05) is 30.9 Å². The van der Waals surface area contributed by atoms with Crippen molar-refractivity contribution in [2.45, 2.75) is 25.5 Å². The molecule has 2 aromatic rings. The molecule has 0 saturated heterocycles. The maximum Gasteiger partial charge on any atom is 0.192 e. The molecule has 1 aliphatic heterocycles. The second-order valence-corrected chi connectivity index (χ2v) is 10.1. The van der Waals surface area contributed by atoms with E-state index in [1.807, 2.05) is 18.9 Å². The molecular formula is C19H20Cl2N2O3S. The number of aromatic nitrogens is 1. The number of sulfone groups is 1. The summed E-state index contributed by atoms with van der Waals surface area (Å²) in [4.78, 5) is 5.78. The minimum Gasteiger partial charge on any atom is -0.504 e. The first-order valence-electron chi connectivity index (χ1n) is 8.39. The van der Waals surface area contributed by atoms with E-state index in [4.69, 9.17) is 23.2 Å². The summed E-state index contributed by atoms with van der Waals surface area (Å²) in [5.41, 5.74) is 1.37. The molecule has 144 valence electrons. The Morgan fingerprint density at radius 1 is 1.22 bits per heavy atom. The normalized spacial score (nSPS) is 17.6. The summed E-state index contributed by atoms with van der Waals surface area (Å²) in [6, 6.07) is 6.60. The Bertz CT molecular complexity index is 1060. The summed E-state index contributed by atoms with van der Waals surface area (Å²) < 4.78 is 25.7. The number of anilines is 1. The third-order valence-corrected chi connectivity index (χ3v) is 8.22. The number of hydrogen-bond donors (Lipinski definition) is 1. The van der Waals surface area contributed by atoms with Crippen molar-refractivity contribution in [2.75, 3.05) is 18.5 Å². The number of nitrogens with zero attached hydrogens (tertiary/aromatic N) is 2.